The topological polar surface area (TPSA) is 93.2 Å². The average molecular weight is 485 g/mol. The lowest BCUT2D eigenvalue weighted by Gasteiger charge is -2.39. The molecule has 0 bridgehead atoms. The summed E-state index contributed by atoms with van der Waals surface area (Å²) in [5.41, 5.74) is 1.08. The number of nitrogens with one attached hydrogen (secondary N) is 1. The van der Waals surface area contributed by atoms with Crippen LogP contribution in [-0.4, -0.2) is 33.6 Å². The fraction of sp³-hybridized carbons (Fsp3) is 0.591. The Hall–Kier alpha value is -1.45. The van der Waals surface area contributed by atoms with E-state index < -0.39 is 19.7 Å². The number of hydrogen-bond acceptors (Lipinski definition) is 7. The Morgan fingerprint density at radius 1 is 1.13 bits per heavy atom. The molecular weight excluding hydrogens is 452 g/mol. The number of rotatable bonds is 7. The fourth-order valence-electron chi connectivity index (χ4n) is 4.52. The van der Waals surface area contributed by atoms with Crippen molar-refractivity contribution in [3.63, 3.8) is 0 Å². The van der Waals surface area contributed by atoms with Gasteiger partial charge in [0.05, 0.1) is 10.6 Å². The molecule has 0 amide bonds. The summed E-state index contributed by atoms with van der Waals surface area (Å²) >= 11 is 0.937. The molecule has 0 saturated heterocycles. The Balaban J connectivity index is 2.07. The molecule has 2 atom stereocenters. The predicted octanol–water partition coefficient (Wildman–Crippen LogP) is 5.09. The molecule has 172 valence electrons. The highest BCUT2D eigenvalue weighted by molar-refractivity contribution is 7.94. The molecule has 0 aliphatic heterocycles. The standard InChI is InChI=1S/C22H32N2O4S3/c1-6-11-30(25,26)21-24-20(31(27,28)18-9-7-15(2)8-10-18)19(29-21)23-17-12-16(3)13-22(4,5)14-17/h7-10,16-17,23H,6,11-14H2,1-5H3/t16-,17+/m1/s1. The number of thiazole rings is 1. The van der Waals surface area contributed by atoms with Crippen LogP contribution in [0, 0.1) is 18.3 Å². The molecule has 2 aromatic rings. The second kappa shape index (κ2) is 8.83. The van der Waals surface area contributed by atoms with Crippen molar-refractivity contribution in [3.8, 4) is 0 Å². The molecule has 0 spiro atoms. The molecule has 1 saturated carbocycles. The number of sulfone groups is 2. The molecule has 0 unspecified atom stereocenters. The lowest BCUT2D eigenvalue weighted by atomic mass is 9.71. The normalized spacial score (nSPS) is 21.7. The number of hydrogen-bond donors (Lipinski definition) is 1. The van der Waals surface area contributed by atoms with Gasteiger partial charge in [-0.1, -0.05) is 56.7 Å². The maximum atomic E-state index is 13.4. The highest BCUT2D eigenvalue weighted by Crippen LogP contribution is 2.42. The van der Waals surface area contributed by atoms with Gasteiger partial charge in [-0.05, 0) is 56.1 Å². The molecule has 1 aliphatic rings. The molecule has 1 heterocycles. The van der Waals surface area contributed by atoms with Crippen LogP contribution in [0.2, 0.25) is 0 Å². The van der Waals surface area contributed by atoms with Crippen LogP contribution < -0.4 is 5.32 Å². The summed E-state index contributed by atoms with van der Waals surface area (Å²) in [6.45, 7) is 10.3. The first-order valence-electron chi connectivity index (χ1n) is 10.7. The van der Waals surface area contributed by atoms with Crippen LogP contribution in [0.5, 0.6) is 0 Å². The van der Waals surface area contributed by atoms with Gasteiger partial charge in [0.15, 0.2) is 5.03 Å². The van der Waals surface area contributed by atoms with Gasteiger partial charge in [-0.15, -0.1) is 0 Å². The number of nitrogens with zero attached hydrogens (tertiary/aromatic N) is 1. The van der Waals surface area contributed by atoms with Gasteiger partial charge in [0, 0.05) is 6.04 Å². The van der Waals surface area contributed by atoms with Crippen molar-refractivity contribution < 1.29 is 16.8 Å². The molecule has 1 aromatic heterocycles. The van der Waals surface area contributed by atoms with Crippen molar-refractivity contribution >= 4 is 36.0 Å². The molecule has 1 N–H and O–H groups in total. The monoisotopic (exact) mass is 484 g/mol. The van der Waals surface area contributed by atoms with Gasteiger partial charge in [-0.25, -0.2) is 21.8 Å². The Bertz CT molecular complexity index is 1130. The molecule has 1 aliphatic carbocycles. The van der Waals surface area contributed by atoms with Crippen molar-refractivity contribution in [2.24, 2.45) is 11.3 Å². The first kappa shape index (κ1) is 24.2. The van der Waals surface area contributed by atoms with Crippen LogP contribution in [0.4, 0.5) is 5.00 Å². The number of anilines is 1. The molecule has 1 aromatic carbocycles. The third kappa shape index (κ3) is 5.49. The Morgan fingerprint density at radius 3 is 2.35 bits per heavy atom. The Kier molecular flexibility index (Phi) is 6.89. The largest absolute Gasteiger partial charge is 0.372 e. The fourth-order valence-corrected chi connectivity index (χ4v) is 8.94. The second-order valence-corrected chi connectivity index (χ2v) is 14.7. The van der Waals surface area contributed by atoms with Crippen molar-refractivity contribution in [2.75, 3.05) is 11.1 Å². The van der Waals surface area contributed by atoms with E-state index in [0.717, 1.165) is 36.2 Å². The van der Waals surface area contributed by atoms with Gasteiger partial charge in [0.25, 0.3) is 0 Å². The summed E-state index contributed by atoms with van der Waals surface area (Å²) in [5.74, 6) is 0.437. The van der Waals surface area contributed by atoms with Crippen molar-refractivity contribution in [1.82, 2.24) is 4.98 Å². The zero-order valence-corrected chi connectivity index (χ0v) is 21.3. The maximum Gasteiger partial charge on any atom is 0.226 e. The summed E-state index contributed by atoms with van der Waals surface area (Å²) in [6.07, 6.45) is 3.34. The van der Waals surface area contributed by atoms with Gasteiger partial charge in [-0.3, -0.25) is 0 Å². The van der Waals surface area contributed by atoms with E-state index in [9.17, 15) is 16.8 Å². The van der Waals surface area contributed by atoms with Crippen LogP contribution in [0.25, 0.3) is 0 Å². The van der Waals surface area contributed by atoms with Crippen molar-refractivity contribution in [1.29, 1.82) is 0 Å². The minimum Gasteiger partial charge on any atom is -0.372 e. The van der Waals surface area contributed by atoms with E-state index in [1.54, 1.807) is 31.2 Å². The number of benzene rings is 1. The molecular formula is C22H32N2O4S3. The quantitative estimate of drug-likeness (QED) is 0.588. The van der Waals surface area contributed by atoms with Gasteiger partial charge in [-0.2, -0.15) is 0 Å². The zero-order chi connectivity index (χ0) is 23.0. The van der Waals surface area contributed by atoms with E-state index in [2.05, 4.69) is 31.1 Å². The van der Waals surface area contributed by atoms with Crippen LogP contribution in [-0.2, 0) is 19.7 Å². The molecule has 6 nitrogen and oxygen atoms in total. The van der Waals surface area contributed by atoms with E-state index in [-0.39, 0.29) is 31.5 Å². The molecule has 3 rings (SSSR count). The van der Waals surface area contributed by atoms with E-state index >= 15 is 0 Å². The average Bonchev–Trinajstić information content (AvgIpc) is 3.06. The zero-order valence-electron chi connectivity index (χ0n) is 18.8. The summed E-state index contributed by atoms with van der Waals surface area (Å²) in [5, 5.41) is 3.51. The minimum atomic E-state index is -3.96. The SMILES string of the molecule is CCCS(=O)(=O)c1nc(S(=O)(=O)c2ccc(C)cc2)c(N[C@H]2C[C@@H](C)CC(C)(C)C2)s1. The van der Waals surface area contributed by atoms with E-state index in [1.165, 1.54) is 0 Å². The highest BCUT2D eigenvalue weighted by atomic mass is 32.2. The second-order valence-electron chi connectivity index (χ2n) is 9.50. The van der Waals surface area contributed by atoms with Crippen LogP contribution in [0.1, 0.15) is 58.9 Å². The minimum absolute atomic E-state index is 0.0581. The molecule has 31 heavy (non-hydrogen) atoms. The van der Waals surface area contributed by atoms with E-state index in [0.29, 0.717) is 17.3 Å². The van der Waals surface area contributed by atoms with Gasteiger partial charge >= 0.3 is 0 Å². The third-order valence-electron chi connectivity index (χ3n) is 5.62. The first-order valence-corrected chi connectivity index (χ1v) is 14.6. The van der Waals surface area contributed by atoms with E-state index in [1.807, 2.05) is 6.92 Å². The van der Waals surface area contributed by atoms with Gasteiger partial charge < -0.3 is 5.32 Å². The van der Waals surface area contributed by atoms with E-state index in [4.69, 9.17) is 0 Å². The molecule has 1 fully saturated rings. The van der Waals surface area contributed by atoms with Crippen LogP contribution in [0.15, 0.2) is 38.5 Å². The number of aromatic nitrogens is 1. The molecule has 9 heteroatoms. The Morgan fingerprint density at radius 2 is 1.77 bits per heavy atom. The predicted molar refractivity (Wildman–Crippen MR) is 125 cm³/mol. The summed E-state index contributed by atoms with van der Waals surface area (Å²) in [4.78, 5) is 4.29. The third-order valence-corrected chi connectivity index (χ3v) is 10.8. The number of aryl methyl sites for hydroxylation is 1. The Labute approximate surface area is 190 Å². The smallest absolute Gasteiger partial charge is 0.226 e. The summed E-state index contributed by atoms with van der Waals surface area (Å²) < 4.78 is 52.0. The first-order chi connectivity index (χ1) is 14.3. The maximum absolute atomic E-state index is 13.4. The highest BCUT2D eigenvalue weighted by Gasteiger charge is 2.35. The summed E-state index contributed by atoms with van der Waals surface area (Å²) in [6, 6.07) is 6.60. The summed E-state index contributed by atoms with van der Waals surface area (Å²) in [7, 11) is -7.59. The molecule has 0 radical (unpaired) electrons. The van der Waals surface area contributed by atoms with Gasteiger partial charge in [0.2, 0.25) is 24.0 Å². The van der Waals surface area contributed by atoms with Crippen molar-refractivity contribution in [3.05, 3.63) is 29.8 Å². The van der Waals surface area contributed by atoms with Crippen molar-refractivity contribution in [2.45, 2.75) is 80.6 Å². The lowest BCUT2D eigenvalue weighted by molar-refractivity contribution is 0.178. The van der Waals surface area contributed by atoms with Crippen LogP contribution >= 0.6 is 11.3 Å². The lowest BCUT2D eigenvalue weighted by Crippen LogP contribution is -2.35. The van der Waals surface area contributed by atoms with Gasteiger partial charge in [0.1, 0.15) is 5.00 Å². The van der Waals surface area contributed by atoms with Crippen LogP contribution in [0.3, 0.4) is 0 Å².